The number of nitrogens with one attached hydrogen (secondary N) is 1. The Balaban J connectivity index is 2.12. The summed E-state index contributed by atoms with van der Waals surface area (Å²) in [4.78, 5) is 11.8. The molecule has 4 nitrogen and oxygen atoms in total. The van der Waals surface area contributed by atoms with E-state index in [0.29, 0.717) is 5.56 Å². The van der Waals surface area contributed by atoms with E-state index in [1.54, 1.807) is 13.0 Å². The highest BCUT2D eigenvalue weighted by Crippen LogP contribution is 2.12. The summed E-state index contributed by atoms with van der Waals surface area (Å²) < 4.78 is 35.8. The summed E-state index contributed by atoms with van der Waals surface area (Å²) in [5.41, 5.74) is 0.630. The molecule has 0 saturated heterocycles. The zero-order chi connectivity index (χ0) is 13.3. The van der Waals surface area contributed by atoms with Crippen molar-refractivity contribution in [3.05, 3.63) is 46.6 Å². The molecule has 1 unspecified atom stereocenters. The van der Waals surface area contributed by atoms with Gasteiger partial charge in [0.05, 0.1) is 17.4 Å². The van der Waals surface area contributed by atoms with Crippen LogP contribution in [-0.4, -0.2) is 26.1 Å². The number of halogens is 1. The average molecular weight is 269 g/mol. The highest BCUT2D eigenvalue weighted by Gasteiger charge is 2.24. The minimum absolute atomic E-state index is 0.0849. The summed E-state index contributed by atoms with van der Waals surface area (Å²) in [6, 6.07) is 3.67. The van der Waals surface area contributed by atoms with Crippen LogP contribution in [0, 0.1) is 12.7 Å². The number of carbonyl (C=O) groups excluding carboxylic acids is 1. The predicted octanol–water partition coefficient (Wildman–Crippen LogP) is 1.17. The van der Waals surface area contributed by atoms with Crippen molar-refractivity contribution in [2.24, 2.45) is 0 Å². The Morgan fingerprint density at radius 2 is 2.17 bits per heavy atom. The molecule has 1 N–H and O–H groups in total. The lowest BCUT2D eigenvalue weighted by Gasteiger charge is -2.10. The Morgan fingerprint density at radius 1 is 1.44 bits per heavy atom. The van der Waals surface area contributed by atoms with Crippen LogP contribution in [-0.2, 0) is 9.84 Å². The third-order valence-electron chi connectivity index (χ3n) is 2.62. The predicted molar refractivity (Wildman–Crippen MR) is 65.3 cm³/mol. The molecule has 1 amide bonds. The zero-order valence-corrected chi connectivity index (χ0v) is 10.5. The Bertz CT molecular complexity index is 622. The first kappa shape index (κ1) is 12.8. The van der Waals surface area contributed by atoms with Gasteiger partial charge in [0, 0.05) is 5.41 Å². The Morgan fingerprint density at radius 3 is 2.72 bits per heavy atom. The maximum absolute atomic E-state index is 13.5. The highest BCUT2D eigenvalue weighted by molar-refractivity contribution is 7.94. The molecular formula is C12H12FNO3S. The second-order valence-electron chi connectivity index (χ2n) is 4.22. The molecule has 1 atom stereocenters. The zero-order valence-electron chi connectivity index (χ0n) is 9.68. The normalized spacial score (nSPS) is 20.9. The van der Waals surface area contributed by atoms with Gasteiger partial charge < -0.3 is 5.32 Å². The first-order valence-corrected chi connectivity index (χ1v) is 7.07. The molecule has 0 bridgehead atoms. The fraction of sp³-hybridized carbons (Fsp3) is 0.250. The summed E-state index contributed by atoms with van der Waals surface area (Å²) in [7, 11) is -3.23. The summed E-state index contributed by atoms with van der Waals surface area (Å²) in [6.07, 6.45) is 1.39. The van der Waals surface area contributed by atoms with Crippen LogP contribution in [0.2, 0.25) is 0 Å². The SMILES string of the molecule is Cc1ccc(C(=O)NC2C=CS(=O)(=O)C2)c(F)c1. The molecular weight excluding hydrogens is 257 g/mol. The maximum Gasteiger partial charge on any atom is 0.254 e. The molecule has 6 heteroatoms. The van der Waals surface area contributed by atoms with Crippen LogP contribution in [0.1, 0.15) is 15.9 Å². The summed E-state index contributed by atoms with van der Waals surface area (Å²) in [6.45, 7) is 1.72. The lowest BCUT2D eigenvalue weighted by Crippen LogP contribution is -2.35. The second-order valence-corrected chi connectivity index (χ2v) is 6.15. The summed E-state index contributed by atoms with van der Waals surface area (Å²) in [5.74, 6) is -1.40. The van der Waals surface area contributed by atoms with Gasteiger partial charge in [-0.15, -0.1) is 0 Å². The molecule has 0 aromatic heterocycles. The van der Waals surface area contributed by atoms with Crippen LogP contribution in [0.5, 0.6) is 0 Å². The van der Waals surface area contributed by atoms with Gasteiger partial charge >= 0.3 is 0 Å². The molecule has 18 heavy (non-hydrogen) atoms. The van der Waals surface area contributed by atoms with E-state index in [1.807, 2.05) is 0 Å². The quantitative estimate of drug-likeness (QED) is 0.876. The van der Waals surface area contributed by atoms with Gasteiger partial charge in [0.1, 0.15) is 5.82 Å². The van der Waals surface area contributed by atoms with Gasteiger partial charge in [-0.1, -0.05) is 6.07 Å². The van der Waals surface area contributed by atoms with Crippen LogP contribution >= 0.6 is 0 Å². The number of sulfone groups is 1. The van der Waals surface area contributed by atoms with Gasteiger partial charge in [-0.2, -0.15) is 0 Å². The van der Waals surface area contributed by atoms with Gasteiger partial charge in [0.25, 0.3) is 5.91 Å². The number of aryl methyl sites for hydroxylation is 1. The van der Waals surface area contributed by atoms with Gasteiger partial charge in [0.2, 0.25) is 0 Å². The summed E-state index contributed by atoms with van der Waals surface area (Å²) >= 11 is 0. The highest BCUT2D eigenvalue weighted by atomic mass is 32.2. The van der Waals surface area contributed by atoms with Crippen LogP contribution in [0.3, 0.4) is 0 Å². The lowest BCUT2D eigenvalue weighted by molar-refractivity contribution is 0.0943. The molecule has 0 fully saturated rings. The molecule has 0 spiro atoms. The van der Waals surface area contributed by atoms with Crippen LogP contribution in [0.4, 0.5) is 4.39 Å². The summed E-state index contributed by atoms with van der Waals surface area (Å²) in [5, 5.41) is 3.53. The van der Waals surface area contributed by atoms with E-state index in [2.05, 4.69) is 5.32 Å². The standard InChI is InChI=1S/C12H12FNO3S/c1-8-2-3-10(11(13)6-8)12(15)14-9-4-5-18(16,17)7-9/h2-6,9H,7H2,1H3,(H,14,15). The van der Waals surface area contributed by atoms with Crippen LogP contribution in [0.15, 0.2) is 29.7 Å². The van der Waals surface area contributed by atoms with Crippen molar-refractivity contribution in [1.29, 1.82) is 0 Å². The van der Waals surface area contributed by atoms with Gasteiger partial charge in [-0.3, -0.25) is 4.79 Å². The van der Waals surface area contributed by atoms with E-state index in [9.17, 15) is 17.6 Å². The van der Waals surface area contributed by atoms with Gasteiger partial charge in [-0.25, -0.2) is 12.8 Å². The molecule has 2 rings (SSSR count). The lowest BCUT2D eigenvalue weighted by atomic mass is 10.1. The minimum Gasteiger partial charge on any atom is -0.345 e. The number of hydrogen-bond donors (Lipinski definition) is 1. The van der Waals surface area contributed by atoms with E-state index in [-0.39, 0.29) is 11.3 Å². The number of carbonyl (C=O) groups is 1. The van der Waals surface area contributed by atoms with Crippen LogP contribution in [0.25, 0.3) is 0 Å². The van der Waals surface area contributed by atoms with Gasteiger partial charge in [0.15, 0.2) is 9.84 Å². The van der Waals surface area contributed by atoms with Crippen LogP contribution < -0.4 is 5.32 Å². The smallest absolute Gasteiger partial charge is 0.254 e. The van der Waals surface area contributed by atoms with Crippen molar-refractivity contribution in [2.75, 3.05) is 5.75 Å². The third kappa shape index (κ3) is 2.76. The van der Waals surface area contributed by atoms with Crippen molar-refractivity contribution in [2.45, 2.75) is 13.0 Å². The molecule has 96 valence electrons. The molecule has 0 radical (unpaired) electrons. The Hall–Kier alpha value is -1.69. The Labute approximate surface area is 104 Å². The van der Waals surface area contributed by atoms with Crippen molar-refractivity contribution in [1.82, 2.24) is 5.32 Å². The van der Waals surface area contributed by atoms with E-state index < -0.39 is 27.6 Å². The van der Waals surface area contributed by atoms with Crippen molar-refractivity contribution < 1.29 is 17.6 Å². The second kappa shape index (κ2) is 4.53. The number of hydrogen-bond acceptors (Lipinski definition) is 3. The van der Waals surface area contributed by atoms with Crippen molar-refractivity contribution in [3.63, 3.8) is 0 Å². The van der Waals surface area contributed by atoms with E-state index in [1.165, 1.54) is 18.2 Å². The molecule has 0 saturated carbocycles. The maximum atomic E-state index is 13.5. The molecule has 0 aliphatic carbocycles. The topological polar surface area (TPSA) is 63.2 Å². The fourth-order valence-electron chi connectivity index (χ4n) is 1.72. The molecule has 1 aromatic carbocycles. The Kier molecular flexibility index (Phi) is 3.21. The average Bonchev–Trinajstić information content (AvgIpc) is 2.57. The molecule has 1 aromatic rings. The minimum atomic E-state index is -3.23. The number of amides is 1. The number of benzene rings is 1. The van der Waals surface area contributed by atoms with E-state index >= 15 is 0 Å². The first-order valence-electron chi connectivity index (χ1n) is 5.35. The first-order chi connectivity index (χ1) is 8.37. The van der Waals surface area contributed by atoms with E-state index in [0.717, 1.165) is 5.41 Å². The van der Waals surface area contributed by atoms with Crippen molar-refractivity contribution in [3.8, 4) is 0 Å². The molecule has 1 heterocycles. The fourth-order valence-corrected chi connectivity index (χ4v) is 2.95. The monoisotopic (exact) mass is 269 g/mol. The molecule has 1 aliphatic rings. The number of rotatable bonds is 2. The third-order valence-corrected chi connectivity index (χ3v) is 4.01. The largest absolute Gasteiger partial charge is 0.345 e. The molecule has 1 aliphatic heterocycles. The van der Waals surface area contributed by atoms with E-state index in [4.69, 9.17) is 0 Å². The van der Waals surface area contributed by atoms with Gasteiger partial charge in [-0.05, 0) is 30.7 Å². The van der Waals surface area contributed by atoms with Crippen molar-refractivity contribution >= 4 is 15.7 Å².